The molecule has 0 radical (unpaired) electrons. The van der Waals surface area contributed by atoms with E-state index < -0.39 is 0 Å². The summed E-state index contributed by atoms with van der Waals surface area (Å²) in [5.74, 6) is 2.34. The summed E-state index contributed by atoms with van der Waals surface area (Å²) in [6.45, 7) is 2.80. The molecule has 0 unspecified atom stereocenters. The normalized spacial score (nSPS) is 14.0. The van der Waals surface area contributed by atoms with Crippen LogP contribution >= 0.6 is 15.9 Å². The molecule has 1 aliphatic rings. The number of hydrogen-bond acceptors (Lipinski definition) is 4. The molecule has 6 heteroatoms. The van der Waals surface area contributed by atoms with Crippen molar-refractivity contribution in [2.45, 2.75) is 25.7 Å². The summed E-state index contributed by atoms with van der Waals surface area (Å²) in [4.78, 5) is 9.00. The maximum atomic E-state index is 13.8. The maximum Gasteiger partial charge on any atom is 0.146 e. The number of benzene rings is 1. The van der Waals surface area contributed by atoms with Crippen LogP contribution in [0.4, 0.5) is 21.7 Å². The van der Waals surface area contributed by atoms with E-state index >= 15 is 0 Å². The number of anilines is 3. The quantitative estimate of drug-likeness (QED) is 0.837. The van der Waals surface area contributed by atoms with Crippen molar-refractivity contribution in [1.29, 1.82) is 0 Å². The van der Waals surface area contributed by atoms with E-state index in [9.17, 15) is 4.39 Å². The second kappa shape index (κ2) is 5.97. The lowest BCUT2D eigenvalue weighted by Gasteiger charge is -2.11. The Labute approximate surface area is 131 Å². The van der Waals surface area contributed by atoms with E-state index in [-0.39, 0.29) is 5.82 Å². The van der Waals surface area contributed by atoms with E-state index in [0.29, 0.717) is 17.4 Å². The van der Waals surface area contributed by atoms with Crippen molar-refractivity contribution in [2.75, 3.05) is 17.2 Å². The summed E-state index contributed by atoms with van der Waals surface area (Å²) in [5.41, 5.74) is 0.396. The van der Waals surface area contributed by atoms with Crippen LogP contribution in [0, 0.1) is 5.82 Å². The first kappa shape index (κ1) is 14.3. The van der Waals surface area contributed by atoms with Crippen LogP contribution in [0.5, 0.6) is 0 Å². The first-order valence-corrected chi connectivity index (χ1v) is 7.80. The van der Waals surface area contributed by atoms with E-state index in [4.69, 9.17) is 0 Å². The third-order valence-electron chi connectivity index (χ3n) is 3.23. The fraction of sp³-hybridized carbons (Fsp3) is 0.333. The Hall–Kier alpha value is -1.69. The van der Waals surface area contributed by atoms with Gasteiger partial charge in [0.1, 0.15) is 23.3 Å². The monoisotopic (exact) mass is 350 g/mol. The number of nitrogens with one attached hydrogen (secondary N) is 2. The first-order valence-electron chi connectivity index (χ1n) is 7.00. The number of nitrogens with zero attached hydrogens (tertiary/aromatic N) is 2. The lowest BCUT2D eigenvalue weighted by Crippen LogP contribution is -2.06. The van der Waals surface area contributed by atoms with E-state index in [2.05, 4.69) is 36.5 Å². The van der Waals surface area contributed by atoms with E-state index in [1.165, 1.54) is 6.07 Å². The van der Waals surface area contributed by atoms with Gasteiger partial charge < -0.3 is 10.6 Å². The zero-order chi connectivity index (χ0) is 14.8. The van der Waals surface area contributed by atoms with Gasteiger partial charge in [0.2, 0.25) is 0 Å². The van der Waals surface area contributed by atoms with Gasteiger partial charge in [-0.1, -0.05) is 15.9 Å². The van der Waals surface area contributed by atoms with Crippen LogP contribution in [0.25, 0.3) is 0 Å². The summed E-state index contributed by atoms with van der Waals surface area (Å²) < 4.78 is 14.6. The molecular formula is C15H16BrFN4. The molecule has 1 aromatic carbocycles. The molecule has 0 aliphatic heterocycles. The van der Waals surface area contributed by atoms with Gasteiger partial charge in [0.25, 0.3) is 0 Å². The fourth-order valence-electron chi connectivity index (χ4n) is 2.06. The van der Waals surface area contributed by atoms with Crippen LogP contribution in [0.2, 0.25) is 0 Å². The highest BCUT2D eigenvalue weighted by atomic mass is 79.9. The summed E-state index contributed by atoms with van der Waals surface area (Å²) in [5, 5.41) is 6.23. The SMILES string of the molecule is CCNc1cc(Nc2cc(Br)ccc2F)nc(C2CC2)n1. The lowest BCUT2D eigenvalue weighted by atomic mass is 10.3. The molecule has 2 N–H and O–H groups in total. The molecule has 1 fully saturated rings. The molecule has 3 rings (SSSR count). The van der Waals surface area contributed by atoms with Crippen molar-refractivity contribution in [3.63, 3.8) is 0 Å². The van der Waals surface area contributed by atoms with E-state index in [0.717, 1.165) is 35.5 Å². The Morgan fingerprint density at radius 2 is 2.00 bits per heavy atom. The predicted octanol–water partition coefficient (Wildman–Crippen LogP) is 4.43. The van der Waals surface area contributed by atoms with Gasteiger partial charge >= 0.3 is 0 Å². The molecule has 2 aromatic rings. The van der Waals surface area contributed by atoms with Crippen LogP contribution in [0.3, 0.4) is 0 Å². The molecule has 1 saturated carbocycles. The zero-order valence-electron chi connectivity index (χ0n) is 11.7. The summed E-state index contributed by atoms with van der Waals surface area (Å²) in [7, 11) is 0. The van der Waals surface area contributed by atoms with E-state index in [1.54, 1.807) is 18.2 Å². The zero-order valence-corrected chi connectivity index (χ0v) is 13.2. The Morgan fingerprint density at radius 1 is 1.24 bits per heavy atom. The van der Waals surface area contributed by atoms with Crippen molar-refractivity contribution < 1.29 is 4.39 Å². The van der Waals surface area contributed by atoms with Gasteiger partial charge in [-0.3, -0.25) is 0 Å². The third-order valence-corrected chi connectivity index (χ3v) is 3.73. The highest BCUT2D eigenvalue weighted by molar-refractivity contribution is 9.10. The molecule has 110 valence electrons. The lowest BCUT2D eigenvalue weighted by molar-refractivity contribution is 0.631. The van der Waals surface area contributed by atoms with Crippen molar-refractivity contribution in [1.82, 2.24) is 9.97 Å². The van der Waals surface area contributed by atoms with Gasteiger partial charge in [0.05, 0.1) is 5.69 Å². The topological polar surface area (TPSA) is 49.8 Å². The molecule has 21 heavy (non-hydrogen) atoms. The molecule has 0 saturated heterocycles. The molecule has 1 aliphatic carbocycles. The van der Waals surface area contributed by atoms with Crippen molar-refractivity contribution in [2.24, 2.45) is 0 Å². The first-order chi connectivity index (χ1) is 10.2. The van der Waals surface area contributed by atoms with Crippen molar-refractivity contribution in [3.8, 4) is 0 Å². The molecule has 0 spiro atoms. The summed E-state index contributed by atoms with van der Waals surface area (Å²) >= 11 is 3.34. The van der Waals surface area contributed by atoms with Crippen LogP contribution in [-0.4, -0.2) is 16.5 Å². The van der Waals surface area contributed by atoms with Gasteiger partial charge in [0.15, 0.2) is 0 Å². The number of hydrogen-bond donors (Lipinski definition) is 2. The minimum atomic E-state index is -0.310. The maximum absolute atomic E-state index is 13.8. The van der Waals surface area contributed by atoms with Crippen molar-refractivity contribution in [3.05, 3.63) is 40.4 Å². The van der Waals surface area contributed by atoms with Crippen molar-refractivity contribution >= 4 is 33.3 Å². The van der Waals surface area contributed by atoms with Gasteiger partial charge in [-0.25, -0.2) is 14.4 Å². The smallest absolute Gasteiger partial charge is 0.146 e. The molecule has 0 bridgehead atoms. The Bertz CT molecular complexity index is 658. The Morgan fingerprint density at radius 3 is 2.71 bits per heavy atom. The van der Waals surface area contributed by atoms with Crippen LogP contribution < -0.4 is 10.6 Å². The minimum absolute atomic E-state index is 0.310. The molecule has 1 aromatic heterocycles. The minimum Gasteiger partial charge on any atom is -0.370 e. The van der Waals surface area contributed by atoms with Gasteiger partial charge in [-0.2, -0.15) is 0 Å². The Kier molecular flexibility index (Phi) is 4.05. The number of rotatable bonds is 5. The number of halogens is 2. The predicted molar refractivity (Wildman–Crippen MR) is 85.6 cm³/mol. The summed E-state index contributed by atoms with van der Waals surface area (Å²) in [6.07, 6.45) is 2.25. The second-order valence-electron chi connectivity index (χ2n) is 5.05. The van der Waals surface area contributed by atoms with Crippen LogP contribution in [-0.2, 0) is 0 Å². The fourth-order valence-corrected chi connectivity index (χ4v) is 2.42. The van der Waals surface area contributed by atoms with Gasteiger partial charge in [-0.15, -0.1) is 0 Å². The molecular weight excluding hydrogens is 335 g/mol. The standard InChI is InChI=1S/C15H16BrFN4/c1-2-18-13-8-14(21-15(20-13)9-3-4-9)19-12-7-10(16)5-6-11(12)17/h5-9H,2-4H2,1H3,(H2,18,19,20,21). The van der Waals surface area contributed by atoms with Crippen LogP contribution in [0.15, 0.2) is 28.7 Å². The molecule has 1 heterocycles. The van der Waals surface area contributed by atoms with Crippen LogP contribution in [0.1, 0.15) is 31.5 Å². The molecule has 0 amide bonds. The van der Waals surface area contributed by atoms with Gasteiger partial charge in [0, 0.05) is 23.0 Å². The third kappa shape index (κ3) is 3.50. The average Bonchev–Trinajstić information content (AvgIpc) is 3.28. The second-order valence-corrected chi connectivity index (χ2v) is 5.97. The molecule has 0 atom stereocenters. The van der Waals surface area contributed by atoms with Gasteiger partial charge in [-0.05, 0) is 38.0 Å². The highest BCUT2D eigenvalue weighted by Crippen LogP contribution is 2.39. The Balaban J connectivity index is 1.91. The van der Waals surface area contributed by atoms with E-state index in [1.807, 2.05) is 6.92 Å². The average molecular weight is 351 g/mol. The highest BCUT2D eigenvalue weighted by Gasteiger charge is 2.27. The molecule has 4 nitrogen and oxygen atoms in total. The largest absolute Gasteiger partial charge is 0.370 e. The number of aromatic nitrogens is 2. The summed E-state index contributed by atoms with van der Waals surface area (Å²) in [6, 6.07) is 6.58.